The van der Waals surface area contributed by atoms with Crippen molar-refractivity contribution in [1.82, 2.24) is 4.90 Å². The van der Waals surface area contributed by atoms with Gasteiger partial charge in [0.15, 0.2) is 17.3 Å². The molecule has 7 nitrogen and oxygen atoms in total. The fourth-order valence-corrected chi connectivity index (χ4v) is 4.32. The molecule has 0 radical (unpaired) electrons. The Morgan fingerprint density at radius 1 is 0.395 bits per heavy atom. The van der Waals surface area contributed by atoms with E-state index in [1.54, 1.807) is 74.4 Å². The molecule has 0 atom stereocenters. The van der Waals surface area contributed by atoms with E-state index in [0.717, 1.165) is 0 Å². The van der Waals surface area contributed by atoms with Crippen molar-refractivity contribution < 1.29 is 28.8 Å². The third-order valence-electron chi connectivity index (χ3n) is 6.84. The zero-order chi connectivity index (χ0) is 32.5. The summed E-state index contributed by atoms with van der Waals surface area (Å²) < 4.78 is 0. The molecule has 0 aliphatic heterocycles. The van der Waals surface area contributed by atoms with Gasteiger partial charge in [-0.3, -0.25) is 28.8 Å². The van der Waals surface area contributed by atoms with Crippen LogP contribution in [0.4, 0.5) is 0 Å². The van der Waals surface area contributed by atoms with Crippen LogP contribution in [-0.2, 0) is 0 Å². The van der Waals surface area contributed by atoms with Gasteiger partial charge in [0.1, 0.15) is 0 Å². The number of hydrogen-bond donors (Lipinski definition) is 0. The van der Waals surface area contributed by atoms with Gasteiger partial charge in [-0.15, -0.1) is 0 Å². The Balaban J connectivity index is 2.13. The summed E-state index contributed by atoms with van der Waals surface area (Å²) in [6, 6.07) is 17.6. The molecule has 0 saturated heterocycles. The summed E-state index contributed by atoms with van der Waals surface area (Å²) in [7, 11) is 0. The van der Waals surface area contributed by atoms with Crippen LogP contribution in [0, 0.1) is 16.2 Å². The maximum absolute atomic E-state index is 14.1. The quantitative estimate of drug-likeness (QED) is 0.220. The van der Waals surface area contributed by atoms with E-state index in [-0.39, 0.29) is 39.6 Å². The highest BCUT2D eigenvalue weighted by molar-refractivity contribution is 6.26. The predicted molar refractivity (Wildman–Crippen MR) is 166 cm³/mol. The Labute approximate surface area is 253 Å². The highest BCUT2D eigenvalue weighted by Gasteiger charge is 2.35. The molecule has 3 aromatic carbocycles. The maximum atomic E-state index is 14.1. The molecule has 0 aromatic heterocycles. The summed E-state index contributed by atoms with van der Waals surface area (Å²) in [5.74, 6) is -3.39. The molecule has 0 fully saturated rings. The van der Waals surface area contributed by atoms with Crippen molar-refractivity contribution in [3.05, 3.63) is 106 Å². The molecule has 43 heavy (non-hydrogen) atoms. The molecule has 0 bridgehead atoms. The molecule has 3 aromatic rings. The molecular formula is C36H39NO6. The van der Waals surface area contributed by atoms with Crippen LogP contribution < -0.4 is 0 Å². The van der Waals surface area contributed by atoms with Gasteiger partial charge in [0, 0.05) is 44.1 Å². The molecule has 0 saturated carbocycles. The van der Waals surface area contributed by atoms with Crippen molar-refractivity contribution in [2.75, 3.05) is 0 Å². The van der Waals surface area contributed by atoms with Crippen LogP contribution in [0.3, 0.4) is 0 Å². The van der Waals surface area contributed by atoms with Crippen LogP contribution >= 0.6 is 0 Å². The summed E-state index contributed by atoms with van der Waals surface area (Å²) in [5.41, 5.74) is -1.36. The van der Waals surface area contributed by atoms with Gasteiger partial charge < -0.3 is 0 Å². The first-order chi connectivity index (χ1) is 19.7. The Morgan fingerprint density at radius 2 is 0.698 bits per heavy atom. The average molecular weight is 582 g/mol. The largest absolute Gasteiger partial charge is 0.294 e. The maximum Gasteiger partial charge on any atom is 0.268 e. The lowest BCUT2D eigenvalue weighted by atomic mass is 9.84. The third-order valence-corrected chi connectivity index (χ3v) is 6.84. The fourth-order valence-electron chi connectivity index (χ4n) is 4.32. The minimum absolute atomic E-state index is 0.00585. The smallest absolute Gasteiger partial charge is 0.268 e. The van der Waals surface area contributed by atoms with Gasteiger partial charge in [-0.2, -0.15) is 0 Å². The van der Waals surface area contributed by atoms with Crippen LogP contribution in [0.15, 0.2) is 72.8 Å². The minimum atomic E-state index is -0.965. The lowest BCUT2D eigenvalue weighted by Gasteiger charge is -2.23. The summed E-state index contributed by atoms with van der Waals surface area (Å²) in [6.45, 7) is 15.8. The second-order valence-electron chi connectivity index (χ2n) is 13.7. The third kappa shape index (κ3) is 7.28. The van der Waals surface area contributed by atoms with Crippen LogP contribution in [0.25, 0.3) is 0 Å². The van der Waals surface area contributed by atoms with Crippen molar-refractivity contribution in [2.24, 2.45) is 16.2 Å². The second kappa shape index (κ2) is 12.0. The number of carbonyl (C=O) groups excluding carboxylic acids is 6. The highest BCUT2D eigenvalue weighted by atomic mass is 16.2. The number of imide groups is 3. The number of carbonyl (C=O) groups is 6. The molecule has 3 rings (SSSR count). The molecule has 7 heteroatoms. The van der Waals surface area contributed by atoms with E-state index in [1.807, 2.05) is 0 Å². The van der Waals surface area contributed by atoms with Crippen LogP contribution in [0.5, 0.6) is 0 Å². The zero-order valence-electron chi connectivity index (χ0n) is 26.3. The van der Waals surface area contributed by atoms with Crippen LogP contribution in [0.2, 0.25) is 0 Å². The first-order valence-corrected chi connectivity index (χ1v) is 14.1. The molecule has 0 N–H and O–H groups in total. The van der Waals surface area contributed by atoms with Crippen molar-refractivity contribution in [3.63, 3.8) is 0 Å². The van der Waals surface area contributed by atoms with Gasteiger partial charge in [-0.25, -0.2) is 4.90 Å². The van der Waals surface area contributed by atoms with Gasteiger partial charge in [0.25, 0.3) is 17.7 Å². The Bertz CT molecular complexity index is 1510. The lowest BCUT2D eigenvalue weighted by Crippen LogP contribution is -2.42. The van der Waals surface area contributed by atoms with E-state index in [4.69, 9.17) is 0 Å². The second-order valence-corrected chi connectivity index (χ2v) is 13.7. The summed E-state index contributed by atoms with van der Waals surface area (Å²) in [6.07, 6.45) is 0. The number of ketones is 3. The van der Waals surface area contributed by atoms with E-state index in [2.05, 4.69) is 0 Å². The van der Waals surface area contributed by atoms with Gasteiger partial charge in [0.05, 0.1) is 5.56 Å². The van der Waals surface area contributed by atoms with Gasteiger partial charge in [-0.05, 0) is 30.3 Å². The lowest BCUT2D eigenvalue weighted by molar-refractivity contribution is 0.0533. The first-order valence-electron chi connectivity index (χ1n) is 14.1. The van der Waals surface area contributed by atoms with E-state index in [9.17, 15) is 28.8 Å². The van der Waals surface area contributed by atoms with E-state index in [0.29, 0.717) is 16.0 Å². The molecule has 3 amide bonds. The van der Waals surface area contributed by atoms with Crippen LogP contribution in [0.1, 0.15) is 124 Å². The van der Waals surface area contributed by atoms with Gasteiger partial charge in [0.2, 0.25) is 0 Å². The number of rotatable bonds is 6. The molecule has 0 unspecified atom stereocenters. The predicted octanol–water partition coefficient (Wildman–Crippen LogP) is 7.50. The van der Waals surface area contributed by atoms with Crippen molar-refractivity contribution >= 4 is 35.1 Å². The normalized spacial score (nSPS) is 11.9. The fraction of sp³-hybridized carbons (Fsp3) is 0.333. The van der Waals surface area contributed by atoms with E-state index < -0.39 is 34.0 Å². The molecule has 0 aliphatic carbocycles. The Hall–Kier alpha value is -4.52. The van der Waals surface area contributed by atoms with E-state index >= 15 is 0 Å². The standard InChI is InChI=1S/C36H39NO6/c1-34(2,3)28(38)22-14-18-24(19-15-22)31(41)37(32(42)25-20-16-23(17-21-25)29(39)35(4,5)6)33(43)27-13-11-10-12-26(27)30(40)36(7,8)9/h10-21H,1-9H3. The molecule has 224 valence electrons. The number of nitrogens with zero attached hydrogens (tertiary/aromatic N) is 1. The Morgan fingerprint density at radius 3 is 1.02 bits per heavy atom. The molecule has 0 spiro atoms. The monoisotopic (exact) mass is 581 g/mol. The molecular weight excluding hydrogens is 542 g/mol. The van der Waals surface area contributed by atoms with Crippen molar-refractivity contribution in [1.29, 1.82) is 0 Å². The van der Waals surface area contributed by atoms with Crippen molar-refractivity contribution in [3.8, 4) is 0 Å². The summed E-state index contributed by atoms with van der Waals surface area (Å²) in [4.78, 5) is 81.1. The average Bonchev–Trinajstić information content (AvgIpc) is 2.94. The number of benzene rings is 3. The number of amides is 3. The topological polar surface area (TPSA) is 106 Å². The molecule has 0 heterocycles. The zero-order valence-corrected chi connectivity index (χ0v) is 26.3. The van der Waals surface area contributed by atoms with Crippen molar-refractivity contribution in [2.45, 2.75) is 62.3 Å². The van der Waals surface area contributed by atoms with Crippen LogP contribution in [-0.4, -0.2) is 40.0 Å². The number of Topliss-reactive ketones (excluding diaryl/α,β-unsaturated/α-hetero) is 3. The minimum Gasteiger partial charge on any atom is -0.294 e. The highest BCUT2D eigenvalue weighted by Crippen LogP contribution is 2.27. The summed E-state index contributed by atoms with van der Waals surface area (Å²) >= 11 is 0. The van der Waals surface area contributed by atoms with Gasteiger partial charge in [-0.1, -0.05) is 105 Å². The Kier molecular flexibility index (Phi) is 9.20. The SMILES string of the molecule is CC(C)(C)C(=O)c1ccc(C(=O)N(C(=O)c2ccc(C(=O)C(C)(C)C)cc2)C(=O)c2ccccc2C(=O)C(C)(C)C)cc1. The van der Waals surface area contributed by atoms with Gasteiger partial charge >= 0.3 is 0 Å². The molecule has 0 aliphatic rings. The first kappa shape index (κ1) is 33.0. The number of hydrogen-bond acceptors (Lipinski definition) is 6. The van der Waals surface area contributed by atoms with E-state index in [1.165, 1.54) is 60.7 Å². The summed E-state index contributed by atoms with van der Waals surface area (Å²) in [5, 5.41) is 0.